The Labute approximate surface area is 86.3 Å². The maximum Gasteiger partial charge on any atom is 0.273 e. The third kappa shape index (κ3) is 1.90. The van der Waals surface area contributed by atoms with Gasteiger partial charge in [0.05, 0.1) is 6.33 Å². The minimum atomic E-state index is -0.352. The molecular weight excluding hydrogens is 204 g/mol. The average molecular weight is 215 g/mol. The van der Waals surface area contributed by atoms with E-state index in [1.54, 1.807) is 0 Å². The van der Waals surface area contributed by atoms with Crippen LogP contribution >= 0.6 is 11.6 Å². The van der Waals surface area contributed by atoms with Crippen molar-refractivity contribution in [3.05, 3.63) is 21.7 Å². The SMILES string of the molecule is O=c1[nH]cnc(OC2CCCC2)c1Cl. The predicted molar refractivity (Wildman–Crippen MR) is 52.8 cm³/mol. The number of aromatic amines is 1. The van der Waals surface area contributed by atoms with Crippen LogP contribution in [0.2, 0.25) is 5.02 Å². The summed E-state index contributed by atoms with van der Waals surface area (Å²) in [5, 5.41) is 0.0411. The maximum absolute atomic E-state index is 11.1. The van der Waals surface area contributed by atoms with Gasteiger partial charge in [-0.3, -0.25) is 4.79 Å². The summed E-state index contributed by atoms with van der Waals surface area (Å²) < 4.78 is 5.52. The Morgan fingerprint density at radius 1 is 1.50 bits per heavy atom. The average Bonchev–Trinajstić information content (AvgIpc) is 2.66. The highest BCUT2D eigenvalue weighted by Gasteiger charge is 2.19. The number of ether oxygens (including phenoxy) is 1. The largest absolute Gasteiger partial charge is 0.473 e. The van der Waals surface area contributed by atoms with Crippen molar-refractivity contribution in [3.63, 3.8) is 0 Å². The van der Waals surface area contributed by atoms with Crippen molar-refractivity contribution in [2.75, 3.05) is 0 Å². The maximum atomic E-state index is 11.1. The van der Waals surface area contributed by atoms with Crippen molar-refractivity contribution in [2.24, 2.45) is 0 Å². The number of rotatable bonds is 2. The van der Waals surface area contributed by atoms with E-state index in [0.717, 1.165) is 12.8 Å². The second kappa shape index (κ2) is 4.00. The minimum absolute atomic E-state index is 0.0411. The smallest absolute Gasteiger partial charge is 0.273 e. The Bertz CT molecular complexity index is 371. The van der Waals surface area contributed by atoms with Crippen LogP contribution in [0.25, 0.3) is 0 Å². The molecule has 1 fully saturated rings. The highest BCUT2D eigenvalue weighted by atomic mass is 35.5. The molecule has 0 aliphatic heterocycles. The molecular formula is C9H11ClN2O2. The van der Waals surface area contributed by atoms with E-state index in [4.69, 9.17) is 16.3 Å². The highest BCUT2D eigenvalue weighted by molar-refractivity contribution is 6.31. The van der Waals surface area contributed by atoms with Gasteiger partial charge in [0.2, 0.25) is 5.88 Å². The molecule has 1 saturated carbocycles. The molecule has 0 spiro atoms. The van der Waals surface area contributed by atoms with Crippen LogP contribution in [0, 0.1) is 0 Å². The van der Waals surface area contributed by atoms with E-state index in [-0.39, 0.29) is 22.6 Å². The number of halogens is 1. The molecule has 1 aliphatic carbocycles. The van der Waals surface area contributed by atoms with Crippen LogP contribution in [-0.4, -0.2) is 16.1 Å². The minimum Gasteiger partial charge on any atom is -0.473 e. The highest BCUT2D eigenvalue weighted by Crippen LogP contribution is 2.25. The van der Waals surface area contributed by atoms with E-state index < -0.39 is 0 Å². The van der Waals surface area contributed by atoms with Gasteiger partial charge >= 0.3 is 0 Å². The second-order valence-corrected chi connectivity index (χ2v) is 3.75. The van der Waals surface area contributed by atoms with Gasteiger partial charge in [0, 0.05) is 0 Å². The van der Waals surface area contributed by atoms with E-state index in [9.17, 15) is 4.79 Å². The van der Waals surface area contributed by atoms with Gasteiger partial charge < -0.3 is 9.72 Å². The molecule has 1 heterocycles. The Kier molecular flexibility index (Phi) is 2.72. The molecule has 0 unspecified atom stereocenters. The quantitative estimate of drug-likeness (QED) is 0.816. The standard InChI is InChI=1S/C9H11ClN2O2/c10-7-8(13)11-5-12-9(7)14-6-3-1-2-4-6/h5-6H,1-4H2,(H,11,12,13). The number of hydrogen-bond donors (Lipinski definition) is 1. The number of nitrogens with one attached hydrogen (secondary N) is 1. The van der Waals surface area contributed by atoms with E-state index in [1.165, 1.54) is 19.2 Å². The molecule has 76 valence electrons. The first-order valence-electron chi connectivity index (χ1n) is 4.67. The molecule has 0 radical (unpaired) electrons. The second-order valence-electron chi connectivity index (χ2n) is 3.38. The van der Waals surface area contributed by atoms with Crippen molar-refractivity contribution < 1.29 is 4.74 Å². The van der Waals surface area contributed by atoms with Crippen LogP contribution in [-0.2, 0) is 0 Å². The molecule has 0 amide bonds. The Morgan fingerprint density at radius 3 is 2.93 bits per heavy atom. The monoisotopic (exact) mass is 214 g/mol. The molecule has 1 N–H and O–H groups in total. The van der Waals surface area contributed by atoms with E-state index in [0.29, 0.717) is 0 Å². The summed E-state index contributed by atoms with van der Waals surface area (Å²) in [4.78, 5) is 17.4. The molecule has 0 bridgehead atoms. The van der Waals surface area contributed by atoms with Gasteiger partial charge in [-0.15, -0.1) is 0 Å². The van der Waals surface area contributed by atoms with E-state index in [1.807, 2.05) is 0 Å². The molecule has 1 aromatic heterocycles. The number of hydrogen-bond acceptors (Lipinski definition) is 3. The van der Waals surface area contributed by atoms with Crippen molar-refractivity contribution >= 4 is 11.6 Å². The molecule has 5 heteroatoms. The third-order valence-electron chi connectivity index (χ3n) is 2.35. The first kappa shape index (κ1) is 9.52. The molecule has 14 heavy (non-hydrogen) atoms. The zero-order chi connectivity index (χ0) is 9.97. The van der Waals surface area contributed by atoms with Crippen molar-refractivity contribution in [2.45, 2.75) is 31.8 Å². The van der Waals surface area contributed by atoms with Gasteiger partial charge in [-0.25, -0.2) is 4.98 Å². The summed E-state index contributed by atoms with van der Waals surface area (Å²) in [5.41, 5.74) is -0.352. The van der Waals surface area contributed by atoms with Gasteiger partial charge in [0.25, 0.3) is 5.56 Å². The first-order valence-corrected chi connectivity index (χ1v) is 5.05. The third-order valence-corrected chi connectivity index (χ3v) is 2.68. The normalized spacial score (nSPS) is 17.2. The van der Waals surface area contributed by atoms with Crippen molar-refractivity contribution in [1.82, 2.24) is 9.97 Å². The van der Waals surface area contributed by atoms with Crippen LogP contribution in [0.5, 0.6) is 5.88 Å². The van der Waals surface area contributed by atoms with Gasteiger partial charge in [-0.2, -0.15) is 0 Å². The molecule has 4 nitrogen and oxygen atoms in total. The summed E-state index contributed by atoms with van der Waals surface area (Å²) in [6, 6.07) is 0. The summed E-state index contributed by atoms with van der Waals surface area (Å²) in [7, 11) is 0. The lowest BCUT2D eigenvalue weighted by Crippen LogP contribution is -2.16. The Balaban J connectivity index is 2.15. The fourth-order valence-corrected chi connectivity index (χ4v) is 1.76. The van der Waals surface area contributed by atoms with Gasteiger partial charge in [-0.05, 0) is 25.7 Å². The fourth-order valence-electron chi connectivity index (χ4n) is 1.61. The van der Waals surface area contributed by atoms with Crippen LogP contribution in [0.4, 0.5) is 0 Å². The molecule has 0 aromatic carbocycles. The van der Waals surface area contributed by atoms with Crippen LogP contribution in [0.3, 0.4) is 0 Å². The van der Waals surface area contributed by atoms with Gasteiger partial charge in [-0.1, -0.05) is 11.6 Å². The zero-order valence-corrected chi connectivity index (χ0v) is 8.38. The van der Waals surface area contributed by atoms with E-state index in [2.05, 4.69) is 9.97 Å². The van der Waals surface area contributed by atoms with Crippen molar-refractivity contribution in [1.29, 1.82) is 0 Å². The zero-order valence-electron chi connectivity index (χ0n) is 7.62. The summed E-state index contributed by atoms with van der Waals surface area (Å²) in [5.74, 6) is 0.252. The lowest BCUT2D eigenvalue weighted by atomic mass is 10.3. The number of aromatic nitrogens is 2. The topological polar surface area (TPSA) is 55.0 Å². The molecule has 0 atom stereocenters. The molecule has 1 aliphatic rings. The number of nitrogens with zero attached hydrogens (tertiary/aromatic N) is 1. The Morgan fingerprint density at radius 2 is 2.21 bits per heavy atom. The molecule has 1 aromatic rings. The Hall–Kier alpha value is -1.03. The molecule has 0 saturated heterocycles. The van der Waals surface area contributed by atoms with Crippen LogP contribution in [0.15, 0.2) is 11.1 Å². The van der Waals surface area contributed by atoms with Gasteiger partial charge in [0.1, 0.15) is 6.10 Å². The number of H-pyrrole nitrogens is 1. The van der Waals surface area contributed by atoms with Crippen LogP contribution < -0.4 is 10.3 Å². The van der Waals surface area contributed by atoms with Crippen molar-refractivity contribution in [3.8, 4) is 5.88 Å². The summed E-state index contributed by atoms with van der Waals surface area (Å²) in [6.45, 7) is 0. The summed E-state index contributed by atoms with van der Waals surface area (Å²) >= 11 is 5.74. The lowest BCUT2D eigenvalue weighted by Gasteiger charge is -2.11. The fraction of sp³-hybridized carbons (Fsp3) is 0.556. The lowest BCUT2D eigenvalue weighted by molar-refractivity contribution is 0.201. The molecule has 2 rings (SSSR count). The van der Waals surface area contributed by atoms with Gasteiger partial charge in [0.15, 0.2) is 5.02 Å². The van der Waals surface area contributed by atoms with E-state index >= 15 is 0 Å². The predicted octanol–water partition coefficient (Wildman–Crippen LogP) is 1.74. The summed E-state index contributed by atoms with van der Waals surface area (Å²) in [6.07, 6.45) is 5.85. The van der Waals surface area contributed by atoms with Crippen LogP contribution in [0.1, 0.15) is 25.7 Å². The first-order chi connectivity index (χ1) is 6.77.